The lowest BCUT2D eigenvalue weighted by molar-refractivity contribution is 0.0952. The number of amides is 1. The van der Waals surface area contributed by atoms with Gasteiger partial charge in [-0.25, -0.2) is 0 Å². The summed E-state index contributed by atoms with van der Waals surface area (Å²) in [5.74, 6) is 0.300. The first-order valence-electron chi connectivity index (χ1n) is 6.15. The first-order valence-corrected chi connectivity index (χ1v) is 6.15. The molecule has 3 aromatic rings. The number of fused-ring (bicyclic) bond motifs is 1. The van der Waals surface area contributed by atoms with Crippen molar-refractivity contribution < 1.29 is 4.79 Å². The molecule has 0 aliphatic carbocycles. The molecule has 1 amide bonds. The van der Waals surface area contributed by atoms with Gasteiger partial charge in [0, 0.05) is 23.7 Å². The monoisotopic (exact) mass is 267 g/mol. The largest absolute Gasteiger partial charge is 0.384 e. The maximum absolute atomic E-state index is 12.3. The number of benzene rings is 1. The topological polar surface area (TPSA) is 96.7 Å². The summed E-state index contributed by atoms with van der Waals surface area (Å²) in [6.45, 7) is 0.331. The summed E-state index contributed by atoms with van der Waals surface area (Å²) in [5.41, 5.74) is 7.83. The number of nitrogens with zero attached hydrogens (tertiary/aromatic N) is 2. The van der Waals surface area contributed by atoms with Crippen LogP contribution in [0.2, 0.25) is 0 Å². The zero-order valence-corrected chi connectivity index (χ0v) is 10.6. The summed E-state index contributed by atoms with van der Waals surface area (Å²) in [6.07, 6.45) is 3.23. The van der Waals surface area contributed by atoms with Crippen molar-refractivity contribution in [3.63, 3.8) is 0 Å². The number of H-pyrrole nitrogens is 1. The van der Waals surface area contributed by atoms with Gasteiger partial charge in [0.25, 0.3) is 5.91 Å². The summed E-state index contributed by atoms with van der Waals surface area (Å²) in [4.78, 5) is 16.5. The SMILES string of the molecule is Nc1[nH]ncc1CNC(=O)c1ccnc2ccccc12. The molecule has 0 unspecified atom stereocenters. The predicted octanol–water partition coefficient (Wildman–Crippen LogP) is 1.47. The van der Waals surface area contributed by atoms with Gasteiger partial charge >= 0.3 is 0 Å². The van der Waals surface area contributed by atoms with E-state index in [9.17, 15) is 4.79 Å². The lowest BCUT2D eigenvalue weighted by Crippen LogP contribution is -2.23. The number of hydrogen-bond acceptors (Lipinski definition) is 4. The van der Waals surface area contributed by atoms with Crippen LogP contribution in [0, 0.1) is 0 Å². The molecule has 0 bridgehead atoms. The fraction of sp³-hybridized carbons (Fsp3) is 0.0714. The molecule has 4 N–H and O–H groups in total. The van der Waals surface area contributed by atoms with Crippen LogP contribution >= 0.6 is 0 Å². The van der Waals surface area contributed by atoms with Crippen LogP contribution in [0.5, 0.6) is 0 Å². The maximum Gasteiger partial charge on any atom is 0.252 e. The molecule has 0 saturated carbocycles. The second kappa shape index (κ2) is 5.00. The van der Waals surface area contributed by atoms with Crippen LogP contribution in [-0.2, 0) is 6.54 Å². The molecule has 0 saturated heterocycles. The lowest BCUT2D eigenvalue weighted by atomic mass is 10.1. The molecule has 0 radical (unpaired) electrons. The zero-order chi connectivity index (χ0) is 13.9. The molecule has 0 aliphatic heterocycles. The van der Waals surface area contributed by atoms with Crippen LogP contribution < -0.4 is 11.1 Å². The van der Waals surface area contributed by atoms with Gasteiger partial charge in [-0.2, -0.15) is 5.10 Å². The summed E-state index contributed by atoms with van der Waals surface area (Å²) >= 11 is 0. The van der Waals surface area contributed by atoms with E-state index in [0.717, 1.165) is 16.5 Å². The summed E-state index contributed by atoms with van der Waals surface area (Å²) < 4.78 is 0. The molecule has 2 heterocycles. The molecular formula is C14H13N5O. The Morgan fingerprint density at radius 2 is 2.15 bits per heavy atom. The molecule has 3 rings (SSSR count). The second-order valence-electron chi connectivity index (χ2n) is 4.37. The van der Waals surface area contributed by atoms with E-state index in [2.05, 4.69) is 20.5 Å². The Bertz CT molecular complexity index is 760. The van der Waals surface area contributed by atoms with Crippen LogP contribution in [0.4, 0.5) is 5.82 Å². The van der Waals surface area contributed by atoms with Crippen molar-refractivity contribution in [3.05, 3.63) is 53.9 Å². The zero-order valence-electron chi connectivity index (χ0n) is 10.6. The smallest absolute Gasteiger partial charge is 0.252 e. The van der Waals surface area contributed by atoms with Crippen LogP contribution in [-0.4, -0.2) is 21.1 Å². The van der Waals surface area contributed by atoms with Gasteiger partial charge in [0.05, 0.1) is 17.3 Å². The minimum Gasteiger partial charge on any atom is -0.384 e. The highest BCUT2D eigenvalue weighted by Crippen LogP contribution is 2.16. The normalized spacial score (nSPS) is 10.6. The molecular weight excluding hydrogens is 254 g/mol. The first-order chi connectivity index (χ1) is 9.75. The number of carbonyl (C=O) groups is 1. The molecule has 0 fully saturated rings. The van der Waals surface area contributed by atoms with Crippen LogP contribution in [0.15, 0.2) is 42.7 Å². The quantitative estimate of drug-likeness (QED) is 0.669. The van der Waals surface area contributed by atoms with Crippen molar-refractivity contribution in [2.45, 2.75) is 6.54 Å². The number of rotatable bonds is 3. The van der Waals surface area contributed by atoms with E-state index in [0.29, 0.717) is 17.9 Å². The summed E-state index contributed by atoms with van der Waals surface area (Å²) in [5, 5.41) is 10.1. The Morgan fingerprint density at radius 3 is 2.95 bits per heavy atom. The maximum atomic E-state index is 12.3. The van der Waals surface area contributed by atoms with Crippen molar-refractivity contribution in [2.75, 3.05) is 5.73 Å². The molecule has 0 atom stereocenters. The number of hydrogen-bond donors (Lipinski definition) is 3. The van der Waals surface area contributed by atoms with E-state index in [-0.39, 0.29) is 5.91 Å². The van der Waals surface area contributed by atoms with Gasteiger partial charge in [-0.15, -0.1) is 0 Å². The highest BCUT2D eigenvalue weighted by Gasteiger charge is 2.11. The number of pyridine rings is 1. The molecule has 0 aliphatic rings. The number of nitrogens with two attached hydrogens (primary N) is 1. The standard InChI is InChI=1S/C14H13N5O/c15-13-9(8-18-19-13)7-17-14(20)11-5-6-16-12-4-2-1-3-10(11)12/h1-6,8H,7H2,(H,17,20)(H3,15,18,19). The molecule has 6 nitrogen and oxygen atoms in total. The Kier molecular flexibility index (Phi) is 3.04. The van der Waals surface area contributed by atoms with Crippen molar-refractivity contribution in [1.29, 1.82) is 0 Å². The fourth-order valence-electron chi connectivity index (χ4n) is 2.03. The molecule has 0 spiro atoms. The van der Waals surface area contributed by atoms with Crippen LogP contribution in [0.3, 0.4) is 0 Å². The van der Waals surface area contributed by atoms with Gasteiger partial charge < -0.3 is 11.1 Å². The number of carbonyl (C=O) groups excluding carboxylic acids is 1. The minimum atomic E-state index is -0.163. The van der Waals surface area contributed by atoms with Gasteiger partial charge in [-0.05, 0) is 12.1 Å². The van der Waals surface area contributed by atoms with Gasteiger partial charge in [-0.3, -0.25) is 14.9 Å². The highest BCUT2D eigenvalue weighted by atomic mass is 16.1. The predicted molar refractivity (Wildman–Crippen MR) is 75.9 cm³/mol. The number of nitrogens with one attached hydrogen (secondary N) is 2. The average Bonchev–Trinajstić information content (AvgIpc) is 2.89. The Labute approximate surface area is 115 Å². The Morgan fingerprint density at radius 1 is 1.30 bits per heavy atom. The van der Waals surface area contributed by atoms with Gasteiger partial charge in [0.1, 0.15) is 5.82 Å². The van der Waals surface area contributed by atoms with Crippen molar-refractivity contribution in [2.24, 2.45) is 0 Å². The third-order valence-corrected chi connectivity index (χ3v) is 3.08. The van der Waals surface area contributed by atoms with Crippen molar-refractivity contribution in [1.82, 2.24) is 20.5 Å². The summed E-state index contributed by atoms with van der Waals surface area (Å²) in [6, 6.07) is 9.23. The molecule has 2 aromatic heterocycles. The van der Waals surface area contributed by atoms with E-state index in [4.69, 9.17) is 5.73 Å². The number of aromatic nitrogens is 3. The van der Waals surface area contributed by atoms with E-state index in [1.165, 1.54) is 0 Å². The number of anilines is 1. The first kappa shape index (κ1) is 12.2. The number of para-hydroxylation sites is 1. The van der Waals surface area contributed by atoms with E-state index < -0.39 is 0 Å². The highest BCUT2D eigenvalue weighted by molar-refractivity contribution is 6.05. The number of nitrogen functional groups attached to an aromatic ring is 1. The Hall–Kier alpha value is -2.89. The van der Waals surface area contributed by atoms with Gasteiger partial charge in [-0.1, -0.05) is 18.2 Å². The van der Waals surface area contributed by atoms with Crippen molar-refractivity contribution >= 4 is 22.6 Å². The fourth-order valence-corrected chi connectivity index (χ4v) is 2.03. The molecule has 20 heavy (non-hydrogen) atoms. The van der Waals surface area contributed by atoms with E-state index in [1.807, 2.05) is 24.3 Å². The lowest BCUT2D eigenvalue weighted by Gasteiger charge is -2.07. The molecule has 100 valence electrons. The summed E-state index contributed by atoms with van der Waals surface area (Å²) in [7, 11) is 0. The van der Waals surface area contributed by atoms with Gasteiger partial charge in [0.2, 0.25) is 0 Å². The van der Waals surface area contributed by atoms with Crippen molar-refractivity contribution in [3.8, 4) is 0 Å². The molecule has 1 aromatic carbocycles. The third kappa shape index (κ3) is 2.18. The van der Waals surface area contributed by atoms with E-state index in [1.54, 1.807) is 18.5 Å². The number of aromatic amines is 1. The third-order valence-electron chi connectivity index (χ3n) is 3.08. The van der Waals surface area contributed by atoms with Gasteiger partial charge in [0.15, 0.2) is 0 Å². The van der Waals surface area contributed by atoms with E-state index >= 15 is 0 Å². The average molecular weight is 267 g/mol. The Balaban J connectivity index is 1.84. The second-order valence-corrected chi connectivity index (χ2v) is 4.37. The molecule has 6 heteroatoms. The minimum absolute atomic E-state index is 0.163. The van der Waals surface area contributed by atoms with Crippen LogP contribution in [0.25, 0.3) is 10.9 Å². The van der Waals surface area contributed by atoms with Crippen LogP contribution in [0.1, 0.15) is 15.9 Å².